The van der Waals surface area contributed by atoms with Crippen LogP contribution in [0.1, 0.15) is 69.6 Å². The quantitative estimate of drug-likeness (QED) is 0.181. The van der Waals surface area contributed by atoms with Gasteiger partial charge in [-0.15, -0.1) is 24.7 Å². The predicted molar refractivity (Wildman–Crippen MR) is 150 cm³/mol. The van der Waals surface area contributed by atoms with Crippen LogP contribution in [-0.2, 0) is 13.8 Å². The Morgan fingerprint density at radius 1 is 1.05 bits per heavy atom. The standard InChI is InChI=1S/C29H31F3N3O6P/c1-3-5-7-9-10-11-13-21-20-35(29(37)34-28(21)36)26-15-14-23(40-26)19-33-42(38,39-16-12-8-6-4-2)41-27-24(31)17-22(30)18-25(27)32/h1-2,17-18,20,23,26H,5-10,12,14-16,19H2,(H,33,38)(H,34,36,37)/t23-,26+,42?/m0/s1. The molecule has 2 aromatic rings. The predicted octanol–water partition coefficient (Wildman–Crippen LogP) is 4.77. The first-order valence-electron chi connectivity index (χ1n) is 13.4. The summed E-state index contributed by atoms with van der Waals surface area (Å²) in [5.74, 6) is 5.63. The van der Waals surface area contributed by atoms with E-state index in [0.29, 0.717) is 57.1 Å². The van der Waals surface area contributed by atoms with E-state index in [4.69, 9.17) is 26.6 Å². The van der Waals surface area contributed by atoms with Gasteiger partial charge in [0.15, 0.2) is 11.6 Å². The van der Waals surface area contributed by atoms with Crippen molar-refractivity contribution in [2.45, 2.75) is 70.1 Å². The van der Waals surface area contributed by atoms with Crippen LogP contribution in [0.4, 0.5) is 13.2 Å². The Labute approximate surface area is 241 Å². The summed E-state index contributed by atoms with van der Waals surface area (Å²) in [6, 6.07) is 0.778. The van der Waals surface area contributed by atoms with Crippen molar-refractivity contribution in [2.24, 2.45) is 0 Å². The maximum absolute atomic E-state index is 14.2. The molecule has 2 heterocycles. The van der Waals surface area contributed by atoms with Crippen LogP contribution in [0.5, 0.6) is 5.75 Å². The lowest BCUT2D eigenvalue weighted by atomic mass is 10.2. The van der Waals surface area contributed by atoms with E-state index in [1.807, 2.05) is 0 Å². The molecule has 9 nitrogen and oxygen atoms in total. The van der Waals surface area contributed by atoms with Crippen LogP contribution in [0.25, 0.3) is 0 Å². The van der Waals surface area contributed by atoms with E-state index in [-0.39, 0.29) is 18.7 Å². The van der Waals surface area contributed by atoms with Crippen LogP contribution >= 0.6 is 7.75 Å². The summed E-state index contributed by atoms with van der Waals surface area (Å²) in [5.41, 5.74) is -1.22. The van der Waals surface area contributed by atoms with Gasteiger partial charge in [-0.2, -0.15) is 0 Å². The Balaban J connectivity index is 1.68. The van der Waals surface area contributed by atoms with Crippen LogP contribution in [0.2, 0.25) is 0 Å². The van der Waals surface area contributed by atoms with Crippen LogP contribution in [-0.4, -0.2) is 28.8 Å². The Bertz CT molecular complexity index is 1530. The lowest BCUT2D eigenvalue weighted by Crippen LogP contribution is -2.34. The fourth-order valence-electron chi connectivity index (χ4n) is 4.00. The lowest BCUT2D eigenvalue weighted by molar-refractivity contribution is 0.00127. The molecule has 0 saturated carbocycles. The number of nitrogens with one attached hydrogen (secondary N) is 2. The first-order valence-corrected chi connectivity index (χ1v) is 14.9. The Morgan fingerprint density at radius 3 is 2.40 bits per heavy atom. The largest absolute Gasteiger partial charge is 0.459 e. The molecule has 1 aromatic heterocycles. The number of benzene rings is 1. The van der Waals surface area contributed by atoms with Crippen molar-refractivity contribution < 1.29 is 31.5 Å². The highest BCUT2D eigenvalue weighted by molar-refractivity contribution is 7.52. The maximum Gasteiger partial charge on any atom is 0.459 e. The maximum atomic E-state index is 14.2. The van der Waals surface area contributed by atoms with Gasteiger partial charge in [0.25, 0.3) is 5.56 Å². The molecule has 42 heavy (non-hydrogen) atoms. The van der Waals surface area contributed by atoms with E-state index >= 15 is 0 Å². The molecule has 0 aliphatic carbocycles. The number of aromatic amines is 1. The van der Waals surface area contributed by atoms with Crippen molar-refractivity contribution >= 4 is 7.75 Å². The Morgan fingerprint density at radius 2 is 1.71 bits per heavy atom. The molecule has 1 aliphatic rings. The number of H-pyrrole nitrogens is 1. The van der Waals surface area contributed by atoms with Crippen molar-refractivity contribution in [3.05, 3.63) is 62.2 Å². The van der Waals surface area contributed by atoms with Crippen molar-refractivity contribution in [2.75, 3.05) is 13.2 Å². The zero-order valence-electron chi connectivity index (χ0n) is 22.8. The molecule has 0 spiro atoms. The highest BCUT2D eigenvalue weighted by Crippen LogP contribution is 2.46. The van der Waals surface area contributed by atoms with Gasteiger partial charge in [0, 0.05) is 44.1 Å². The van der Waals surface area contributed by atoms with Gasteiger partial charge >= 0.3 is 13.4 Å². The monoisotopic (exact) mass is 605 g/mol. The minimum atomic E-state index is -4.38. The van der Waals surface area contributed by atoms with Gasteiger partial charge in [-0.05, 0) is 38.5 Å². The molecule has 1 fully saturated rings. The summed E-state index contributed by atoms with van der Waals surface area (Å²) >= 11 is 0. The van der Waals surface area contributed by atoms with Gasteiger partial charge in [0.2, 0.25) is 5.75 Å². The molecule has 0 bridgehead atoms. The molecule has 13 heteroatoms. The first-order chi connectivity index (χ1) is 20.2. The molecule has 1 saturated heterocycles. The lowest BCUT2D eigenvalue weighted by Gasteiger charge is -2.22. The number of ether oxygens (including phenoxy) is 1. The number of aromatic nitrogens is 2. The third-order valence-electron chi connectivity index (χ3n) is 6.12. The van der Waals surface area contributed by atoms with Crippen molar-refractivity contribution in [3.63, 3.8) is 0 Å². The minimum Gasteiger partial charge on any atom is -0.407 e. The van der Waals surface area contributed by atoms with Crippen LogP contribution in [0.15, 0.2) is 27.9 Å². The molecule has 0 amide bonds. The van der Waals surface area contributed by atoms with E-state index in [1.54, 1.807) is 0 Å². The smallest absolute Gasteiger partial charge is 0.407 e. The SMILES string of the molecule is C#CCCCCC#Cc1cn([C@H]2CC[C@@H](CNP(=O)(OCCCCC#C)Oc3c(F)cc(F)cc3F)O2)c(=O)[nH]c1=O. The summed E-state index contributed by atoms with van der Waals surface area (Å²) in [4.78, 5) is 26.9. The van der Waals surface area contributed by atoms with E-state index in [1.165, 1.54) is 10.8 Å². The fourth-order valence-corrected chi connectivity index (χ4v) is 5.42. The number of nitrogens with zero attached hydrogens (tertiary/aromatic N) is 1. The molecular weight excluding hydrogens is 574 g/mol. The Hall–Kier alpha value is -3.72. The third-order valence-corrected chi connectivity index (χ3v) is 7.64. The summed E-state index contributed by atoms with van der Waals surface area (Å²) in [6.07, 6.45) is 15.3. The number of halogens is 3. The highest BCUT2D eigenvalue weighted by atomic mass is 31.2. The first kappa shape index (κ1) is 32.8. The number of unbranched alkanes of at least 4 members (excludes halogenated alkanes) is 5. The zero-order valence-corrected chi connectivity index (χ0v) is 23.7. The van der Waals surface area contributed by atoms with Crippen molar-refractivity contribution in [3.8, 4) is 42.3 Å². The topological polar surface area (TPSA) is 112 Å². The average molecular weight is 606 g/mol. The molecule has 1 aromatic carbocycles. The normalized spacial score (nSPS) is 17.5. The van der Waals surface area contributed by atoms with E-state index in [9.17, 15) is 27.3 Å². The second kappa shape index (κ2) is 16.1. The van der Waals surface area contributed by atoms with Crippen LogP contribution in [0.3, 0.4) is 0 Å². The van der Waals surface area contributed by atoms with Crippen LogP contribution < -0.4 is 20.9 Å². The highest BCUT2D eigenvalue weighted by Gasteiger charge is 2.34. The molecule has 0 radical (unpaired) electrons. The van der Waals surface area contributed by atoms with Crippen molar-refractivity contribution in [1.29, 1.82) is 0 Å². The molecule has 3 rings (SSSR count). The molecule has 2 N–H and O–H groups in total. The number of terminal acetylenes is 2. The van der Waals surface area contributed by atoms with Crippen LogP contribution in [0, 0.1) is 54.0 Å². The summed E-state index contributed by atoms with van der Waals surface area (Å²) in [6.45, 7) is -0.254. The molecule has 1 unspecified atom stereocenters. The van der Waals surface area contributed by atoms with Gasteiger partial charge < -0.3 is 9.26 Å². The molecule has 224 valence electrons. The third kappa shape index (κ3) is 9.69. The van der Waals surface area contributed by atoms with Gasteiger partial charge in [-0.25, -0.2) is 27.6 Å². The minimum absolute atomic E-state index is 0.0937. The molecular formula is C29H31F3N3O6P. The number of hydrogen-bond acceptors (Lipinski definition) is 6. The number of hydrogen-bond donors (Lipinski definition) is 2. The molecule has 3 atom stereocenters. The molecule has 1 aliphatic heterocycles. The van der Waals surface area contributed by atoms with Gasteiger partial charge in [0.1, 0.15) is 17.6 Å². The number of rotatable bonds is 14. The van der Waals surface area contributed by atoms with E-state index in [0.717, 1.165) is 12.8 Å². The van der Waals surface area contributed by atoms with Gasteiger partial charge in [-0.3, -0.25) is 18.9 Å². The summed E-state index contributed by atoms with van der Waals surface area (Å²) < 4.78 is 72.8. The van der Waals surface area contributed by atoms with Gasteiger partial charge in [0.05, 0.1) is 12.7 Å². The van der Waals surface area contributed by atoms with E-state index in [2.05, 4.69) is 33.8 Å². The van der Waals surface area contributed by atoms with Gasteiger partial charge in [-0.1, -0.05) is 11.8 Å². The summed E-state index contributed by atoms with van der Waals surface area (Å²) in [5, 5.41) is 2.54. The van der Waals surface area contributed by atoms with Crippen molar-refractivity contribution in [1.82, 2.24) is 14.6 Å². The Kier molecular flexibility index (Phi) is 12.5. The second-order valence-electron chi connectivity index (χ2n) is 9.36. The summed E-state index contributed by atoms with van der Waals surface area (Å²) in [7, 11) is -4.38. The second-order valence-corrected chi connectivity index (χ2v) is 11.1. The van der Waals surface area contributed by atoms with E-state index < -0.39 is 54.5 Å². The fraction of sp³-hybridized carbons (Fsp3) is 0.448. The zero-order chi connectivity index (χ0) is 30.5. The average Bonchev–Trinajstić information content (AvgIpc) is 3.41.